The van der Waals surface area contributed by atoms with Gasteiger partial charge in [-0.2, -0.15) is 0 Å². The summed E-state index contributed by atoms with van der Waals surface area (Å²) in [6.07, 6.45) is 11.8. The molecule has 0 spiro atoms. The Morgan fingerprint density at radius 3 is 2.76 bits per heavy atom. The number of carbonyl (C=O) groups excluding carboxylic acids is 1. The second-order valence-electron chi connectivity index (χ2n) is 8.25. The Hall–Kier alpha value is -2.88. The van der Waals surface area contributed by atoms with Crippen LogP contribution in [-0.2, 0) is 4.79 Å². The lowest BCUT2D eigenvalue weighted by molar-refractivity contribution is -0.114. The summed E-state index contributed by atoms with van der Waals surface area (Å²) in [7, 11) is 0. The zero-order chi connectivity index (χ0) is 21.2. The highest BCUT2D eigenvalue weighted by Crippen LogP contribution is 2.22. The average Bonchev–Trinajstić information content (AvgIpc) is 2.65. The van der Waals surface area contributed by atoms with Gasteiger partial charge in [0, 0.05) is 12.4 Å². The molecule has 4 atom stereocenters. The third-order valence-electron chi connectivity index (χ3n) is 4.83. The third-order valence-corrected chi connectivity index (χ3v) is 4.83. The quantitative estimate of drug-likeness (QED) is 0.294. The van der Waals surface area contributed by atoms with Crippen LogP contribution in [0.4, 0.5) is 0 Å². The van der Waals surface area contributed by atoms with Gasteiger partial charge in [-0.05, 0) is 17.1 Å². The number of aliphatic hydroxyl groups excluding tert-OH is 1. The maximum absolute atomic E-state index is 11.9. The molecule has 0 saturated carbocycles. The Labute approximate surface area is 170 Å². The van der Waals surface area contributed by atoms with E-state index in [4.69, 9.17) is 11.5 Å². The predicted octanol–water partition coefficient (Wildman–Crippen LogP) is -0.622. The molecular formula is C20H29N7O2. The molecule has 0 radical (unpaired) electrons. The van der Waals surface area contributed by atoms with Crippen molar-refractivity contribution in [3.63, 3.8) is 0 Å². The number of aliphatic imine (C=N–C) groups is 1. The minimum atomic E-state index is -1.07. The fourth-order valence-electron chi connectivity index (χ4n) is 3.36. The number of hydrogen-bond donors (Lipinski definition) is 7. The van der Waals surface area contributed by atoms with E-state index in [1.54, 1.807) is 0 Å². The molecule has 0 bridgehead atoms. The summed E-state index contributed by atoms with van der Waals surface area (Å²) < 4.78 is 0. The fraction of sp³-hybridized carbons (Fsp3) is 0.400. The minimum absolute atomic E-state index is 0.0872. The van der Waals surface area contributed by atoms with E-state index in [-0.39, 0.29) is 17.2 Å². The van der Waals surface area contributed by atoms with Gasteiger partial charge >= 0.3 is 0 Å². The van der Waals surface area contributed by atoms with Crippen molar-refractivity contribution in [2.75, 3.05) is 0 Å². The van der Waals surface area contributed by atoms with Gasteiger partial charge in [-0.1, -0.05) is 45.1 Å². The van der Waals surface area contributed by atoms with Crippen molar-refractivity contribution in [1.82, 2.24) is 21.3 Å². The first kappa shape index (κ1) is 20.8. The first-order valence-corrected chi connectivity index (χ1v) is 9.49. The first-order valence-electron chi connectivity index (χ1n) is 9.49. The predicted molar refractivity (Wildman–Crippen MR) is 113 cm³/mol. The van der Waals surface area contributed by atoms with Gasteiger partial charge in [0.25, 0.3) is 5.91 Å². The molecular weight excluding hydrogens is 370 g/mol. The zero-order valence-corrected chi connectivity index (χ0v) is 16.8. The van der Waals surface area contributed by atoms with Crippen LogP contribution in [0.3, 0.4) is 0 Å². The summed E-state index contributed by atoms with van der Waals surface area (Å²) >= 11 is 0. The lowest BCUT2D eigenvalue weighted by atomic mass is 9.85. The number of nitrogens with two attached hydrogens (primary N) is 2. The maximum Gasteiger partial charge on any atom is 0.271 e. The summed E-state index contributed by atoms with van der Waals surface area (Å²) in [6.45, 7) is 5.91. The van der Waals surface area contributed by atoms with Gasteiger partial charge in [-0.25, -0.2) is 4.99 Å². The molecule has 156 valence electrons. The highest BCUT2D eigenvalue weighted by Gasteiger charge is 2.32. The van der Waals surface area contributed by atoms with E-state index in [1.165, 1.54) is 6.21 Å². The smallest absolute Gasteiger partial charge is 0.271 e. The van der Waals surface area contributed by atoms with Gasteiger partial charge in [0.15, 0.2) is 5.70 Å². The molecule has 1 aliphatic carbocycles. The number of rotatable bonds is 6. The lowest BCUT2D eigenvalue weighted by Gasteiger charge is -2.37. The topological polar surface area (TPSA) is 150 Å². The lowest BCUT2D eigenvalue weighted by Crippen LogP contribution is -2.60. The van der Waals surface area contributed by atoms with Crippen molar-refractivity contribution >= 4 is 12.1 Å². The van der Waals surface area contributed by atoms with E-state index in [2.05, 4.69) is 32.3 Å². The highest BCUT2D eigenvalue weighted by molar-refractivity contribution is 5.95. The highest BCUT2D eigenvalue weighted by atomic mass is 16.3. The molecule has 9 heteroatoms. The average molecular weight is 399 g/mol. The monoisotopic (exact) mass is 399 g/mol. The van der Waals surface area contributed by atoms with Crippen LogP contribution >= 0.6 is 0 Å². The number of carbonyl (C=O) groups is 1. The number of dihydropyridines is 1. The van der Waals surface area contributed by atoms with Crippen LogP contribution in [0, 0.1) is 5.41 Å². The second-order valence-corrected chi connectivity index (χ2v) is 8.25. The molecule has 9 nitrogen and oxygen atoms in total. The van der Waals surface area contributed by atoms with Crippen LogP contribution in [0.2, 0.25) is 0 Å². The van der Waals surface area contributed by atoms with Crippen molar-refractivity contribution in [3.05, 3.63) is 59.4 Å². The molecule has 9 N–H and O–H groups in total. The summed E-state index contributed by atoms with van der Waals surface area (Å²) in [5.41, 5.74) is 12.9. The number of nitrogens with one attached hydrogen (secondary N) is 4. The van der Waals surface area contributed by atoms with Gasteiger partial charge < -0.3 is 32.5 Å². The molecule has 3 rings (SSSR count). The first-order chi connectivity index (χ1) is 13.6. The number of primary amides is 1. The zero-order valence-electron chi connectivity index (χ0n) is 16.8. The molecule has 0 fully saturated rings. The number of nitrogens with zero attached hydrogens (tertiary/aromatic N) is 1. The van der Waals surface area contributed by atoms with Crippen molar-refractivity contribution in [1.29, 1.82) is 0 Å². The molecule has 29 heavy (non-hydrogen) atoms. The van der Waals surface area contributed by atoms with Gasteiger partial charge in [0.05, 0.1) is 17.8 Å². The Morgan fingerprint density at radius 1 is 1.34 bits per heavy atom. The number of hydrogen-bond acceptors (Lipinski definition) is 8. The molecule has 3 aliphatic rings. The van der Waals surface area contributed by atoms with Gasteiger partial charge in [-0.3, -0.25) is 10.1 Å². The third kappa shape index (κ3) is 4.94. The standard InChI is InChI=1S/C20H29N7O2/c1-20(2,3)16(18(22)29)26-14-10-24-15(17(21)28)19(27-14)25-12-8-11-6-4-5-7-13(11)23-9-12/h4-10,13-14,16,18,23,25-27,29H,22H2,1-3H3,(H2,21,28)/t13?,14?,16-,18?/m0/s1. The largest absolute Gasteiger partial charge is 0.379 e. The van der Waals surface area contributed by atoms with E-state index >= 15 is 0 Å². The summed E-state index contributed by atoms with van der Waals surface area (Å²) in [4.78, 5) is 16.1. The van der Waals surface area contributed by atoms with E-state index in [0.29, 0.717) is 5.82 Å². The van der Waals surface area contributed by atoms with E-state index in [0.717, 1.165) is 11.3 Å². The van der Waals surface area contributed by atoms with Gasteiger partial charge in [0.2, 0.25) is 0 Å². The minimum Gasteiger partial charge on any atom is -0.379 e. The molecule has 3 unspecified atom stereocenters. The van der Waals surface area contributed by atoms with Crippen LogP contribution in [0.15, 0.2) is 64.4 Å². The number of aliphatic hydroxyl groups is 1. The van der Waals surface area contributed by atoms with Crippen LogP contribution in [0.1, 0.15) is 20.8 Å². The van der Waals surface area contributed by atoms with E-state index < -0.39 is 24.3 Å². The van der Waals surface area contributed by atoms with Crippen molar-refractivity contribution in [2.45, 2.75) is 45.2 Å². The van der Waals surface area contributed by atoms with Crippen LogP contribution in [0.5, 0.6) is 0 Å². The molecule has 2 heterocycles. The molecule has 0 saturated heterocycles. The van der Waals surface area contributed by atoms with E-state index in [9.17, 15) is 9.90 Å². The Bertz CT molecular complexity index is 843. The number of allylic oxidation sites excluding steroid dienone is 3. The van der Waals surface area contributed by atoms with Crippen molar-refractivity contribution in [3.8, 4) is 0 Å². The summed E-state index contributed by atoms with van der Waals surface area (Å²) in [6, 6.07) is -0.291. The summed E-state index contributed by atoms with van der Waals surface area (Å²) in [5.74, 6) is -0.285. The molecule has 0 aromatic heterocycles. The Balaban J connectivity index is 1.77. The van der Waals surface area contributed by atoms with Crippen molar-refractivity contribution in [2.24, 2.45) is 21.9 Å². The Morgan fingerprint density at radius 2 is 2.10 bits per heavy atom. The van der Waals surface area contributed by atoms with Crippen molar-refractivity contribution < 1.29 is 9.90 Å². The number of fused-ring (bicyclic) bond motifs is 1. The molecule has 0 aromatic rings. The number of amides is 1. The summed E-state index contributed by atoms with van der Waals surface area (Å²) in [5, 5.41) is 22.8. The fourth-order valence-corrected chi connectivity index (χ4v) is 3.36. The van der Waals surface area contributed by atoms with Crippen LogP contribution in [-0.4, -0.2) is 41.7 Å². The molecule has 1 amide bonds. The van der Waals surface area contributed by atoms with Gasteiger partial charge in [-0.15, -0.1) is 0 Å². The maximum atomic E-state index is 11.9. The normalized spacial score (nSPS) is 25.3. The van der Waals surface area contributed by atoms with Crippen LogP contribution < -0.4 is 32.7 Å². The second kappa shape index (κ2) is 8.24. The van der Waals surface area contributed by atoms with Crippen LogP contribution in [0.25, 0.3) is 0 Å². The molecule has 2 aliphatic heterocycles. The Kier molecular flexibility index (Phi) is 5.92. The SMILES string of the molecule is CC(C)(C)[C@@H](NC1C=NC(C(N)=O)=C(NC2=CNC3C=CC=CC3=C2)N1)C(N)O. The van der Waals surface area contributed by atoms with Gasteiger partial charge in [0.1, 0.15) is 18.2 Å². The van der Waals surface area contributed by atoms with E-state index in [1.807, 2.05) is 51.3 Å². The molecule has 0 aromatic carbocycles.